The highest BCUT2D eigenvalue weighted by Gasteiger charge is 2.54. The van der Waals surface area contributed by atoms with E-state index in [0.717, 1.165) is 4.90 Å². The predicted molar refractivity (Wildman–Crippen MR) is 98.6 cm³/mol. The van der Waals surface area contributed by atoms with Crippen LogP contribution in [0.2, 0.25) is 5.02 Å². The Morgan fingerprint density at radius 1 is 1.43 bits per heavy atom. The first kappa shape index (κ1) is 20.2. The molecule has 1 fully saturated rings. The Morgan fingerprint density at radius 3 is 2.64 bits per heavy atom. The molecule has 0 bridgehead atoms. The van der Waals surface area contributed by atoms with Crippen LogP contribution in [0.25, 0.3) is 0 Å². The van der Waals surface area contributed by atoms with Gasteiger partial charge in [-0.15, -0.1) is 11.8 Å². The second-order valence-corrected chi connectivity index (χ2v) is 7.75. The predicted octanol–water partition coefficient (Wildman–Crippen LogP) is 0.297. The second-order valence-electron chi connectivity index (χ2n) is 6.27. The number of nitrogens with one attached hydrogen (secondary N) is 1. The first-order valence-corrected chi connectivity index (χ1v) is 9.59. The van der Waals surface area contributed by atoms with Gasteiger partial charge in [-0.3, -0.25) is 24.0 Å². The number of esters is 1. The first-order valence-electron chi connectivity index (χ1n) is 8.16. The number of carboxylic acid groups (broad SMARTS) is 1. The molecule has 0 aliphatic carbocycles. The Morgan fingerprint density at radius 2 is 2.11 bits per heavy atom. The van der Waals surface area contributed by atoms with Gasteiger partial charge in [-0.25, -0.2) is 4.79 Å². The van der Waals surface area contributed by atoms with Gasteiger partial charge < -0.3 is 15.2 Å². The van der Waals surface area contributed by atoms with Crippen molar-refractivity contribution in [3.05, 3.63) is 27.7 Å². The Balaban J connectivity index is 1.78. The zero-order valence-corrected chi connectivity index (χ0v) is 16.8. The molecule has 28 heavy (non-hydrogen) atoms. The highest BCUT2D eigenvalue weighted by Crippen LogP contribution is 2.40. The minimum Gasteiger partial charge on any atom is -0.477 e. The fourth-order valence-electron chi connectivity index (χ4n) is 2.92. The molecule has 1 aromatic heterocycles. The Kier molecular flexibility index (Phi) is 5.39. The topological polar surface area (TPSA) is 131 Å². The van der Waals surface area contributed by atoms with Gasteiger partial charge >= 0.3 is 11.9 Å². The van der Waals surface area contributed by atoms with Crippen LogP contribution in [-0.2, 0) is 26.2 Å². The molecular formula is C16H17ClN4O6S. The van der Waals surface area contributed by atoms with Gasteiger partial charge in [0.2, 0.25) is 0 Å². The molecule has 0 spiro atoms. The third kappa shape index (κ3) is 3.35. The monoisotopic (exact) mass is 428 g/mol. The van der Waals surface area contributed by atoms with E-state index in [1.54, 1.807) is 14.0 Å². The van der Waals surface area contributed by atoms with Gasteiger partial charge in [0.05, 0.1) is 10.7 Å². The number of ether oxygens (including phenoxy) is 1. The van der Waals surface area contributed by atoms with Crippen molar-refractivity contribution in [2.75, 3.05) is 12.4 Å². The smallest absolute Gasteiger partial charge is 0.352 e. The molecule has 1 saturated heterocycles. The van der Waals surface area contributed by atoms with Crippen molar-refractivity contribution in [2.45, 2.75) is 25.3 Å². The van der Waals surface area contributed by atoms with Crippen molar-refractivity contribution in [3.63, 3.8) is 0 Å². The summed E-state index contributed by atoms with van der Waals surface area (Å²) in [5.41, 5.74) is 0.711. The number of β-lactam (4-membered cyclic amide) rings is 1. The average Bonchev–Trinajstić information content (AvgIpc) is 2.90. The fourth-order valence-corrected chi connectivity index (χ4v) is 4.49. The van der Waals surface area contributed by atoms with Gasteiger partial charge in [-0.1, -0.05) is 11.6 Å². The van der Waals surface area contributed by atoms with E-state index in [9.17, 15) is 24.3 Å². The minimum atomic E-state index is -1.30. The van der Waals surface area contributed by atoms with E-state index in [0.29, 0.717) is 11.3 Å². The zero-order chi connectivity index (χ0) is 20.7. The van der Waals surface area contributed by atoms with E-state index < -0.39 is 35.2 Å². The maximum atomic E-state index is 12.6. The number of nitrogens with zero attached hydrogens (tertiary/aromatic N) is 3. The molecule has 0 saturated carbocycles. The van der Waals surface area contributed by atoms with Crippen LogP contribution in [0.3, 0.4) is 0 Å². The molecule has 2 atom stereocenters. The number of hydrogen-bond acceptors (Lipinski definition) is 7. The third-order valence-electron chi connectivity index (χ3n) is 4.46. The van der Waals surface area contributed by atoms with Gasteiger partial charge in [0.15, 0.2) is 5.69 Å². The minimum absolute atomic E-state index is 0.00160. The van der Waals surface area contributed by atoms with E-state index in [4.69, 9.17) is 16.3 Å². The van der Waals surface area contributed by atoms with Crippen LogP contribution >= 0.6 is 23.4 Å². The number of hydrogen-bond donors (Lipinski definition) is 2. The number of fused-ring (bicyclic) bond motifs is 1. The van der Waals surface area contributed by atoms with Crippen LogP contribution in [0, 0.1) is 6.92 Å². The third-order valence-corrected chi connectivity index (χ3v) is 6.25. The zero-order valence-electron chi connectivity index (χ0n) is 15.2. The van der Waals surface area contributed by atoms with Gasteiger partial charge in [0, 0.05) is 25.3 Å². The number of aliphatic carboxylic acids is 1. The number of aromatic nitrogens is 2. The molecule has 2 N–H and O–H groups in total. The van der Waals surface area contributed by atoms with Gasteiger partial charge in [-0.05, 0) is 6.92 Å². The molecule has 150 valence electrons. The second kappa shape index (κ2) is 7.47. The lowest BCUT2D eigenvalue weighted by Crippen LogP contribution is -2.70. The summed E-state index contributed by atoms with van der Waals surface area (Å²) in [7, 11) is 1.64. The summed E-state index contributed by atoms with van der Waals surface area (Å²) in [5.74, 6) is -2.77. The summed E-state index contributed by atoms with van der Waals surface area (Å²) in [6.07, 6.45) is 0. The standard InChI is InChI=1S/C16H17ClN4O6S/c1-6-9(17)10(19-20(6)3)13(23)18-11-14(24)21-12(16(25)26)8(4-27-7(2)22)5-28-15(11)21/h11,15H,4-5H2,1-3H3,(H,18,23)(H,25,26). The maximum absolute atomic E-state index is 12.6. The quantitative estimate of drug-likeness (QED) is 0.505. The molecular weight excluding hydrogens is 412 g/mol. The van der Waals surface area contributed by atoms with E-state index >= 15 is 0 Å². The number of carboxylic acids is 1. The Labute approximate surface area is 168 Å². The average molecular weight is 429 g/mol. The normalized spacial score (nSPS) is 21.1. The summed E-state index contributed by atoms with van der Waals surface area (Å²) in [6, 6.07) is -0.902. The molecule has 2 aliphatic heterocycles. The van der Waals surface area contributed by atoms with Gasteiger partial charge in [0.25, 0.3) is 11.8 Å². The first-order chi connectivity index (χ1) is 13.1. The summed E-state index contributed by atoms with van der Waals surface area (Å²) in [4.78, 5) is 48.8. The number of rotatable bonds is 5. The molecule has 1 aromatic rings. The number of aryl methyl sites for hydroxylation is 1. The molecule has 3 heterocycles. The van der Waals surface area contributed by atoms with Crippen molar-refractivity contribution in [3.8, 4) is 0 Å². The summed E-state index contributed by atoms with van der Waals surface area (Å²) in [5, 5.41) is 15.7. The SMILES string of the molecule is CC(=O)OCC1=C(C(=O)O)N2C(=O)C(NC(=O)c3nn(C)c(C)c3Cl)C2SC1. The number of halogens is 1. The Bertz CT molecular complexity index is 926. The summed E-state index contributed by atoms with van der Waals surface area (Å²) >= 11 is 7.37. The van der Waals surface area contributed by atoms with Crippen molar-refractivity contribution in [2.24, 2.45) is 7.05 Å². The summed E-state index contributed by atoms with van der Waals surface area (Å²) in [6.45, 7) is 2.71. The number of carbonyl (C=O) groups excluding carboxylic acids is 3. The van der Waals surface area contributed by atoms with E-state index in [1.165, 1.54) is 23.4 Å². The maximum Gasteiger partial charge on any atom is 0.352 e. The van der Waals surface area contributed by atoms with Crippen LogP contribution in [0.5, 0.6) is 0 Å². The molecule has 10 nitrogen and oxygen atoms in total. The molecule has 2 aliphatic rings. The van der Waals surface area contributed by atoms with Crippen LogP contribution < -0.4 is 5.32 Å². The van der Waals surface area contributed by atoms with E-state index in [-0.39, 0.29) is 28.8 Å². The molecule has 12 heteroatoms. The molecule has 2 amide bonds. The molecule has 0 radical (unpaired) electrons. The van der Waals surface area contributed by atoms with Crippen LogP contribution in [0.15, 0.2) is 11.3 Å². The number of amides is 2. The van der Waals surface area contributed by atoms with E-state index in [2.05, 4.69) is 10.4 Å². The lowest BCUT2D eigenvalue weighted by Gasteiger charge is -2.49. The van der Waals surface area contributed by atoms with Crippen molar-refractivity contribution in [1.29, 1.82) is 0 Å². The largest absolute Gasteiger partial charge is 0.477 e. The van der Waals surface area contributed by atoms with Crippen LogP contribution in [-0.4, -0.2) is 67.3 Å². The van der Waals surface area contributed by atoms with Crippen LogP contribution in [0.1, 0.15) is 23.1 Å². The van der Waals surface area contributed by atoms with Gasteiger partial charge in [-0.2, -0.15) is 5.10 Å². The lowest BCUT2D eigenvalue weighted by molar-refractivity contribution is -0.149. The van der Waals surface area contributed by atoms with Crippen LogP contribution in [0.4, 0.5) is 0 Å². The molecule has 0 aromatic carbocycles. The number of thioether (sulfide) groups is 1. The Hall–Kier alpha value is -2.53. The highest BCUT2D eigenvalue weighted by atomic mass is 35.5. The summed E-state index contributed by atoms with van der Waals surface area (Å²) < 4.78 is 6.33. The molecule has 2 unspecified atom stereocenters. The van der Waals surface area contributed by atoms with Crippen molar-refractivity contribution >= 4 is 47.1 Å². The van der Waals surface area contributed by atoms with E-state index in [1.807, 2.05) is 0 Å². The fraction of sp³-hybridized carbons (Fsp3) is 0.438. The van der Waals surface area contributed by atoms with Crippen molar-refractivity contribution < 1.29 is 29.0 Å². The highest BCUT2D eigenvalue weighted by molar-refractivity contribution is 8.00. The number of carbonyl (C=O) groups is 4. The lowest BCUT2D eigenvalue weighted by atomic mass is 10.0. The molecule has 3 rings (SSSR count). The van der Waals surface area contributed by atoms with Gasteiger partial charge in [0.1, 0.15) is 23.7 Å². The van der Waals surface area contributed by atoms with Crippen molar-refractivity contribution in [1.82, 2.24) is 20.0 Å².